The summed E-state index contributed by atoms with van der Waals surface area (Å²) in [5, 5.41) is 13.7. The molecule has 0 rings (SSSR count). The molecule has 0 spiro atoms. The number of nitrogens with one attached hydrogen (secondary N) is 2. The Bertz CT molecular complexity index is 309. The number of carboxylic acids is 1. The third kappa shape index (κ3) is 9.83. The van der Waals surface area contributed by atoms with Crippen LogP contribution in [0.1, 0.15) is 25.7 Å². The third-order valence-electron chi connectivity index (χ3n) is 2.34. The molecule has 110 valence electrons. The van der Waals surface area contributed by atoms with Crippen LogP contribution in [0.4, 0.5) is 4.79 Å². The number of ether oxygens (including phenoxy) is 1. The van der Waals surface area contributed by atoms with Crippen molar-refractivity contribution < 1.29 is 24.2 Å². The number of hydrogen-bond donors (Lipinski definition) is 4. The second-order valence-corrected chi connectivity index (χ2v) is 4.00. The highest BCUT2D eigenvalue weighted by Crippen LogP contribution is 1.97. The SMILES string of the molecule is COCCCCNC(=O)N[C@H](CCC(N)=O)C(=O)O. The van der Waals surface area contributed by atoms with Crippen LogP contribution in [0.15, 0.2) is 0 Å². The first-order chi connectivity index (χ1) is 8.97. The summed E-state index contributed by atoms with van der Waals surface area (Å²) in [6.07, 6.45) is 1.42. The van der Waals surface area contributed by atoms with E-state index in [4.69, 9.17) is 15.6 Å². The van der Waals surface area contributed by atoms with E-state index in [9.17, 15) is 14.4 Å². The number of hydrogen-bond acceptors (Lipinski definition) is 4. The number of carbonyl (C=O) groups excluding carboxylic acids is 2. The van der Waals surface area contributed by atoms with Gasteiger partial charge in [0, 0.05) is 26.7 Å². The van der Waals surface area contributed by atoms with Crippen molar-refractivity contribution in [2.24, 2.45) is 5.73 Å². The zero-order valence-electron chi connectivity index (χ0n) is 11.0. The van der Waals surface area contributed by atoms with E-state index in [0.29, 0.717) is 13.2 Å². The molecule has 0 radical (unpaired) electrons. The van der Waals surface area contributed by atoms with Crippen molar-refractivity contribution in [3.63, 3.8) is 0 Å². The Hall–Kier alpha value is -1.83. The molecule has 3 amide bonds. The van der Waals surface area contributed by atoms with E-state index in [-0.39, 0.29) is 12.8 Å². The Morgan fingerprint density at radius 1 is 1.32 bits per heavy atom. The van der Waals surface area contributed by atoms with Crippen LogP contribution in [0.25, 0.3) is 0 Å². The molecule has 0 unspecified atom stereocenters. The summed E-state index contributed by atoms with van der Waals surface area (Å²) in [5.41, 5.74) is 4.93. The van der Waals surface area contributed by atoms with E-state index in [1.54, 1.807) is 7.11 Å². The van der Waals surface area contributed by atoms with Crippen molar-refractivity contribution in [1.29, 1.82) is 0 Å². The van der Waals surface area contributed by atoms with Crippen molar-refractivity contribution in [2.45, 2.75) is 31.7 Å². The molecule has 0 saturated carbocycles. The topological polar surface area (TPSA) is 131 Å². The molecule has 8 heteroatoms. The number of carboxylic acid groups (broad SMARTS) is 1. The van der Waals surface area contributed by atoms with Crippen molar-refractivity contribution in [1.82, 2.24) is 10.6 Å². The molecule has 8 nitrogen and oxygen atoms in total. The van der Waals surface area contributed by atoms with E-state index < -0.39 is 23.9 Å². The van der Waals surface area contributed by atoms with Crippen molar-refractivity contribution in [2.75, 3.05) is 20.3 Å². The first-order valence-electron chi connectivity index (χ1n) is 6.01. The molecule has 0 aliphatic heterocycles. The minimum absolute atomic E-state index is 0.0260. The van der Waals surface area contributed by atoms with Gasteiger partial charge in [-0.05, 0) is 19.3 Å². The van der Waals surface area contributed by atoms with Crippen LogP contribution in [0.5, 0.6) is 0 Å². The van der Waals surface area contributed by atoms with Crippen molar-refractivity contribution in [3.05, 3.63) is 0 Å². The quantitative estimate of drug-likeness (QED) is 0.397. The van der Waals surface area contributed by atoms with Crippen LogP contribution in [-0.2, 0) is 14.3 Å². The van der Waals surface area contributed by atoms with Gasteiger partial charge in [-0.25, -0.2) is 9.59 Å². The molecular weight excluding hydrogens is 254 g/mol. The first kappa shape index (κ1) is 17.2. The Labute approximate surface area is 111 Å². The van der Waals surface area contributed by atoms with E-state index >= 15 is 0 Å². The molecule has 0 aromatic rings. The molecule has 0 heterocycles. The zero-order chi connectivity index (χ0) is 14.7. The lowest BCUT2D eigenvalue weighted by atomic mass is 10.1. The van der Waals surface area contributed by atoms with Crippen LogP contribution in [0.3, 0.4) is 0 Å². The third-order valence-corrected chi connectivity index (χ3v) is 2.34. The Morgan fingerprint density at radius 2 is 2.00 bits per heavy atom. The van der Waals surface area contributed by atoms with Gasteiger partial charge in [0.2, 0.25) is 5.91 Å². The number of amides is 3. The smallest absolute Gasteiger partial charge is 0.326 e. The van der Waals surface area contributed by atoms with Crippen LogP contribution >= 0.6 is 0 Å². The largest absolute Gasteiger partial charge is 0.480 e. The molecule has 0 aliphatic carbocycles. The predicted octanol–water partition coefficient (Wildman–Crippen LogP) is -0.569. The summed E-state index contributed by atoms with van der Waals surface area (Å²) in [4.78, 5) is 32.8. The minimum Gasteiger partial charge on any atom is -0.480 e. The van der Waals surface area contributed by atoms with Crippen LogP contribution in [0, 0.1) is 0 Å². The van der Waals surface area contributed by atoms with Gasteiger partial charge in [0.25, 0.3) is 0 Å². The Kier molecular flexibility index (Phi) is 9.15. The lowest BCUT2D eigenvalue weighted by Crippen LogP contribution is -2.46. The molecule has 0 fully saturated rings. The predicted molar refractivity (Wildman–Crippen MR) is 67.5 cm³/mol. The van der Waals surface area contributed by atoms with E-state index in [2.05, 4.69) is 10.6 Å². The Morgan fingerprint density at radius 3 is 2.53 bits per heavy atom. The van der Waals surface area contributed by atoms with Gasteiger partial charge in [-0.1, -0.05) is 0 Å². The summed E-state index contributed by atoms with van der Waals surface area (Å²) in [7, 11) is 1.59. The average molecular weight is 275 g/mol. The maximum atomic E-state index is 11.4. The van der Waals surface area contributed by atoms with Gasteiger partial charge < -0.3 is 26.2 Å². The van der Waals surface area contributed by atoms with Gasteiger partial charge >= 0.3 is 12.0 Å². The van der Waals surface area contributed by atoms with Gasteiger partial charge in [-0.3, -0.25) is 4.79 Å². The molecule has 0 saturated heterocycles. The second kappa shape index (κ2) is 10.1. The summed E-state index contributed by atoms with van der Waals surface area (Å²) < 4.78 is 4.85. The fraction of sp³-hybridized carbons (Fsp3) is 0.727. The standard InChI is InChI=1S/C11H21N3O5/c1-19-7-3-2-6-13-11(18)14-8(10(16)17)4-5-9(12)15/h8H,2-7H2,1H3,(H2,12,15)(H,16,17)(H2,13,14,18)/t8-/m1/s1. The summed E-state index contributed by atoms with van der Waals surface area (Å²) in [6.45, 7) is 1.04. The van der Waals surface area contributed by atoms with Crippen LogP contribution < -0.4 is 16.4 Å². The highest BCUT2D eigenvalue weighted by Gasteiger charge is 2.20. The van der Waals surface area contributed by atoms with Gasteiger partial charge in [0.1, 0.15) is 6.04 Å². The normalized spacial score (nSPS) is 11.6. The highest BCUT2D eigenvalue weighted by molar-refractivity contribution is 5.83. The number of urea groups is 1. The summed E-state index contributed by atoms with van der Waals surface area (Å²) in [5.74, 6) is -1.80. The number of primary amides is 1. The maximum absolute atomic E-state index is 11.4. The number of methoxy groups -OCH3 is 1. The molecule has 1 atom stereocenters. The van der Waals surface area contributed by atoms with E-state index in [1.165, 1.54) is 0 Å². The van der Waals surface area contributed by atoms with E-state index in [1.807, 2.05) is 0 Å². The van der Waals surface area contributed by atoms with Crippen molar-refractivity contribution in [3.8, 4) is 0 Å². The van der Waals surface area contributed by atoms with Gasteiger partial charge in [0.05, 0.1) is 0 Å². The zero-order valence-corrected chi connectivity index (χ0v) is 11.0. The molecule has 0 aromatic heterocycles. The van der Waals surface area contributed by atoms with E-state index in [0.717, 1.165) is 12.8 Å². The summed E-state index contributed by atoms with van der Waals surface area (Å²) in [6, 6.07) is -1.69. The molecular formula is C11H21N3O5. The summed E-state index contributed by atoms with van der Waals surface area (Å²) >= 11 is 0. The van der Waals surface area contributed by atoms with Gasteiger partial charge in [-0.2, -0.15) is 0 Å². The molecule has 0 aliphatic rings. The average Bonchev–Trinajstić information content (AvgIpc) is 2.33. The lowest BCUT2D eigenvalue weighted by molar-refractivity contribution is -0.139. The van der Waals surface area contributed by atoms with Gasteiger partial charge in [-0.15, -0.1) is 0 Å². The molecule has 0 bridgehead atoms. The van der Waals surface area contributed by atoms with Crippen LogP contribution in [0.2, 0.25) is 0 Å². The van der Waals surface area contributed by atoms with Crippen molar-refractivity contribution >= 4 is 17.9 Å². The minimum atomic E-state index is -1.20. The maximum Gasteiger partial charge on any atom is 0.326 e. The number of nitrogens with two attached hydrogens (primary N) is 1. The number of carbonyl (C=O) groups is 3. The highest BCUT2D eigenvalue weighted by atomic mass is 16.5. The molecule has 0 aromatic carbocycles. The second-order valence-electron chi connectivity index (χ2n) is 4.00. The molecule has 19 heavy (non-hydrogen) atoms. The number of aliphatic carboxylic acids is 1. The van der Waals surface area contributed by atoms with Gasteiger partial charge in [0.15, 0.2) is 0 Å². The number of unbranched alkanes of at least 4 members (excludes halogenated alkanes) is 1. The van der Waals surface area contributed by atoms with Crippen LogP contribution in [-0.4, -0.2) is 49.3 Å². The Balaban J connectivity index is 3.90. The lowest BCUT2D eigenvalue weighted by Gasteiger charge is -2.14. The fourth-order valence-corrected chi connectivity index (χ4v) is 1.33. The molecule has 5 N–H and O–H groups in total. The fourth-order valence-electron chi connectivity index (χ4n) is 1.33. The monoisotopic (exact) mass is 275 g/mol. The first-order valence-corrected chi connectivity index (χ1v) is 6.01. The number of rotatable bonds is 10.